The van der Waals surface area contributed by atoms with Gasteiger partial charge in [0.15, 0.2) is 0 Å². The summed E-state index contributed by atoms with van der Waals surface area (Å²) in [4.78, 5) is 12.5. The molecular weight excluding hydrogens is 293 g/mol. The van der Waals surface area contributed by atoms with Crippen LogP contribution in [0, 0.1) is 19.8 Å². The zero-order valence-corrected chi connectivity index (χ0v) is 13.7. The van der Waals surface area contributed by atoms with Crippen LogP contribution in [0.1, 0.15) is 36.0 Å². The van der Waals surface area contributed by atoms with Crippen molar-refractivity contribution in [1.29, 1.82) is 0 Å². The molecule has 1 aromatic rings. The Balaban J connectivity index is 1.66. The Morgan fingerprint density at radius 1 is 1.39 bits per heavy atom. The highest BCUT2D eigenvalue weighted by atomic mass is 16.5. The summed E-state index contributed by atoms with van der Waals surface area (Å²) in [5.74, 6) is -0.989. The molecule has 2 aliphatic rings. The fourth-order valence-corrected chi connectivity index (χ4v) is 3.75. The fraction of sp³-hybridized carbons (Fsp3) is 0.588. The van der Waals surface area contributed by atoms with Crippen molar-refractivity contribution in [2.75, 3.05) is 0 Å². The van der Waals surface area contributed by atoms with Crippen LogP contribution >= 0.6 is 0 Å². The topological polar surface area (TPSA) is 78.8 Å². The van der Waals surface area contributed by atoms with Crippen LogP contribution < -0.4 is 5.32 Å². The molecule has 0 radical (unpaired) electrons. The quantitative estimate of drug-likeness (QED) is 0.706. The van der Waals surface area contributed by atoms with E-state index in [-0.39, 0.29) is 24.0 Å². The summed E-state index contributed by atoms with van der Waals surface area (Å²) >= 11 is 0. The van der Waals surface area contributed by atoms with E-state index in [4.69, 9.17) is 4.74 Å². The van der Waals surface area contributed by atoms with E-state index in [0.29, 0.717) is 6.42 Å². The maximum atomic E-state index is 12.5. The fourth-order valence-electron chi connectivity index (χ4n) is 3.75. The van der Waals surface area contributed by atoms with Crippen molar-refractivity contribution < 1.29 is 19.6 Å². The number of hydrogen-bond acceptors (Lipinski definition) is 4. The molecule has 3 N–H and O–H groups in total. The zero-order chi connectivity index (χ0) is 16.6. The lowest BCUT2D eigenvalue weighted by Crippen LogP contribution is -2.51. The number of carbonyl (C=O) groups is 1. The van der Waals surface area contributed by atoms with Gasteiger partial charge in [-0.3, -0.25) is 4.79 Å². The van der Waals surface area contributed by atoms with Crippen molar-refractivity contribution in [3.8, 4) is 0 Å². The van der Waals surface area contributed by atoms with Gasteiger partial charge in [0.2, 0.25) is 5.91 Å². The van der Waals surface area contributed by atoms with E-state index in [2.05, 4.69) is 11.4 Å². The second-order valence-electron chi connectivity index (χ2n) is 6.88. The molecule has 2 aliphatic heterocycles. The minimum atomic E-state index is -1.58. The van der Waals surface area contributed by atoms with Crippen molar-refractivity contribution in [2.24, 2.45) is 5.92 Å². The Kier molecular flexibility index (Phi) is 4.76. The summed E-state index contributed by atoms with van der Waals surface area (Å²) < 4.78 is 5.71. The predicted octanol–water partition coefficient (Wildman–Crippen LogP) is 0.910. The number of fused-ring (bicyclic) bond motifs is 2. The molecule has 1 aromatic carbocycles. The highest BCUT2D eigenvalue weighted by Gasteiger charge is 2.45. The Morgan fingerprint density at radius 3 is 2.74 bits per heavy atom. The van der Waals surface area contributed by atoms with E-state index in [0.717, 1.165) is 36.0 Å². The summed E-state index contributed by atoms with van der Waals surface area (Å²) in [6.45, 7) is 4.01. The van der Waals surface area contributed by atoms with Gasteiger partial charge < -0.3 is 20.1 Å². The summed E-state index contributed by atoms with van der Waals surface area (Å²) in [5, 5.41) is 22.1. The molecule has 2 bridgehead atoms. The number of benzene rings is 1. The van der Waals surface area contributed by atoms with Crippen molar-refractivity contribution in [3.63, 3.8) is 0 Å². The molecule has 23 heavy (non-hydrogen) atoms. The van der Waals surface area contributed by atoms with Crippen molar-refractivity contribution in [3.05, 3.63) is 34.9 Å². The molecule has 3 rings (SSSR count). The Labute approximate surface area is 137 Å². The number of aryl methyl sites for hydroxylation is 2. The third kappa shape index (κ3) is 3.60. The number of ether oxygens (including phenoxy) is 1. The molecule has 0 aliphatic carbocycles. The minimum Gasteiger partial charge on any atom is -0.426 e. The number of carbonyl (C=O) groups excluding carboxylic acids is 1. The molecule has 5 nitrogen and oxygen atoms in total. The van der Waals surface area contributed by atoms with Gasteiger partial charge in [-0.15, -0.1) is 0 Å². The molecule has 0 aromatic heterocycles. The highest BCUT2D eigenvalue weighted by molar-refractivity contribution is 6.43. The van der Waals surface area contributed by atoms with E-state index in [1.54, 1.807) is 0 Å². The molecule has 0 spiro atoms. The van der Waals surface area contributed by atoms with Gasteiger partial charge in [0.25, 0.3) is 0 Å². The van der Waals surface area contributed by atoms with Crippen molar-refractivity contribution in [2.45, 2.75) is 57.7 Å². The number of rotatable bonds is 5. The zero-order valence-electron chi connectivity index (χ0n) is 13.7. The molecule has 6 heteroatoms. The van der Waals surface area contributed by atoms with Crippen LogP contribution in [0.5, 0.6) is 0 Å². The van der Waals surface area contributed by atoms with Crippen LogP contribution in [0.4, 0.5) is 0 Å². The standard InChI is InChI=1S/C17H24BNO4/c1-10-3-4-12(11(2)7-10)8-16(18(21)22)19-17(20)14-9-13-5-6-15(14)23-13/h3-4,7,13-16,21-22H,5-6,8-9H2,1-2H3,(H,19,20)/t13-,14-,15+,16?/m1/s1. The van der Waals surface area contributed by atoms with Crippen LogP contribution in [0.3, 0.4) is 0 Å². The van der Waals surface area contributed by atoms with Gasteiger partial charge >= 0.3 is 7.12 Å². The van der Waals surface area contributed by atoms with Gasteiger partial charge in [-0.05, 0) is 50.7 Å². The van der Waals surface area contributed by atoms with E-state index in [1.165, 1.54) is 0 Å². The second kappa shape index (κ2) is 6.63. The molecule has 0 saturated carbocycles. The monoisotopic (exact) mass is 317 g/mol. The van der Waals surface area contributed by atoms with Gasteiger partial charge in [-0.1, -0.05) is 23.8 Å². The largest absolute Gasteiger partial charge is 0.475 e. The summed E-state index contributed by atoms with van der Waals surface area (Å²) in [6, 6.07) is 6.03. The lowest BCUT2D eigenvalue weighted by molar-refractivity contribution is -0.126. The van der Waals surface area contributed by atoms with Crippen LogP contribution in [-0.4, -0.2) is 41.2 Å². The summed E-state index contributed by atoms with van der Waals surface area (Å²) in [6.07, 6.45) is 3.30. The van der Waals surface area contributed by atoms with Crippen LogP contribution in [0.15, 0.2) is 18.2 Å². The summed E-state index contributed by atoms with van der Waals surface area (Å²) in [5.41, 5.74) is 3.27. The Morgan fingerprint density at radius 2 is 2.17 bits per heavy atom. The minimum absolute atomic E-state index is 0.00223. The molecule has 124 valence electrons. The average Bonchev–Trinajstić information content (AvgIpc) is 3.11. The first-order chi connectivity index (χ1) is 10.9. The first kappa shape index (κ1) is 16.5. The first-order valence-electron chi connectivity index (χ1n) is 8.32. The molecular formula is C17H24BNO4. The Bertz CT molecular complexity index is 592. The van der Waals surface area contributed by atoms with Gasteiger partial charge in [0.05, 0.1) is 24.1 Å². The normalized spacial score (nSPS) is 27.0. The smallest absolute Gasteiger partial charge is 0.426 e. The second-order valence-corrected chi connectivity index (χ2v) is 6.88. The number of hydrogen-bond donors (Lipinski definition) is 3. The van der Waals surface area contributed by atoms with Crippen LogP contribution in [-0.2, 0) is 16.0 Å². The third-order valence-corrected chi connectivity index (χ3v) is 5.07. The van der Waals surface area contributed by atoms with E-state index < -0.39 is 13.1 Å². The maximum absolute atomic E-state index is 12.5. The molecule has 4 atom stereocenters. The van der Waals surface area contributed by atoms with Crippen molar-refractivity contribution in [1.82, 2.24) is 5.32 Å². The SMILES string of the molecule is Cc1ccc(CC(NC(=O)[C@@H]2C[C@H]3CC[C@@H]2O3)B(O)O)c(C)c1. The van der Waals surface area contributed by atoms with Gasteiger partial charge in [-0.25, -0.2) is 0 Å². The molecule has 2 heterocycles. The summed E-state index contributed by atoms with van der Waals surface area (Å²) in [7, 11) is -1.58. The maximum Gasteiger partial charge on any atom is 0.475 e. The van der Waals surface area contributed by atoms with Gasteiger partial charge in [0, 0.05) is 0 Å². The van der Waals surface area contributed by atoms with Gasteiger partial charge in [0.1, 0.15) is 0 Å². The number of nitrogens with one attached hydrogen (secondary N) is 1. The first-order valence-corrected chi connectivity index (χ1v) is 8.32. The lowest BCUT2D eigenvalue weighted by atomic mass is 9.74. The van der Waals surface area contributed by atoms with Gasteiger partial charge in [-0.2, -0.15) is 0 Å². The molecule has 1 amide bonds. The van der Waals surface area contributed by atoms with Crippen molar-refractivity contribution >= 4 is 13.0 Å². The van der Waals surface area contributed by atoms with E-state index >= 15 is 0 Å². The van der Waals surface area contributed by atoms with Crippen LogP contribution in [0.2, 0.25) is 0 Å². The average molecular weight is 317 g/mol. The lowest BCUT2D eigenvalue weighted by Gasteiger charge is -2.23. The van der Waals surface area contributed by atoms with Crippen LogP contribution in [0.25, 0.3) is 0 Å². The molecule has 2 saturated heterocycles. The van der Waals surface area contributed by atoms with E-state index in [9.17, 15) is 14.8 Å². The number of amides is 1. The highest BCUT2D eigenvalue weighted by Crippen LogP contribution is 2.38. The Hall–Kier alpha value is -1.37. The predicted molar refractivity (Wildman–Crippen MR) is 87.7 cm³/mol. The third-order valence-electron chi connectivity index (χ3n) is 5.07. The molecule has 1 unspecified atom stereocenters. The molecule has 2 fully saturated rings. The van der Waals surface area contributed by atoms with E-state index in [1.807, 2.05) is 26.0 Å².